The molecule has 8 nitrogen and oxygen atoms in total. The first-order chi connectivity index (χ1) is 17.3. The van der Waals surface area contributed by atoms with Crippen molar-refractivity contribution in [1.29, 1.82) is 0 Å². The number of nitrogen functional groups attached to an aromatic ring is 1. The first-order valence-electron chi connectivity index (χ1n) is 11.2. The molecule has 3 aromatic rings. The zero-order valence-electron chi connectivity index (χ0n) is 19.6. The molecular formula is C26H26ClFN6O2. The minimum atomic E-state index is -0.674. The SMILES string of the molecule is CN1C=CN=C(CC(=O)NCc2ccc(-c3cc(Nc4ccc(Cl)cc4CF)ccc3O)nc2N)C1. The first kappa shape index (κ1) is 25.0. The van der Waals surface area contributed by atoms with Gasteiger partial charge in [0.1, 0.15) is 18.2 Å². The largest absolute Gasteiger partial charge is 0.507 e. The van der Waals surface area contributed by atoms with Crippen molar-refractivity contribution in [2.45, 2.75) is 19.6 Å². The van der Waals surface area contributed by atoms with E-state index in [-0.39, 0.29) is 30.4 Å². The van der Waals surface area contributed by atoms with Gasteiger partial charge < -0.3 is 26.4 Å². The van der Waals surface area contributed by atoms with Crippen LogP contribution in [0.4, 0.5) is 21.6 Å². The molecule has 0 fully saturated rings. The number of anilines is 3. The zero-order valence-corrected chi connectivity index (χ0v) is 20.4. The summed E-state index contributed by atoms with van der Waals surface area (Å²) < 4.78 is 13.4. The van der Waals surface area contributed by atoms with Crippen molar-refractivity contribution in [2.75, 3.05) is 24.6 Å². The number of phenols is 1. The summed E-state index contributed by atoms with van der Waals surface area (Å²) in [6.07, 6.45) is 3.71. The van der Waals surface area contributed by atoms with E-state index in [1.165, 1.54) is 6.07 Å². The number of alkyl halides is 1. The van der Waals surface area contributed by atoms with Gasteiger partial charge in [0.15, 0.2) is 0 Å². The molecule has 0 spiro atoms. The second-order valence-electron chi connectivity index (χ2n) is 8.39. The van der Waals surface area contributed by atoms with Crippen LogP contribution in [0.2, 0.25) is 5.02 Å². The molecule has 10 heteroatoms. The Kier molecular flexibility index (Phi) is 7.70. The highest BCUT2D eigenvalue weighted by atomic mass is 35.5. The van der Waals surface area contributed by atoms with E-state index in [9.17, 15) is 14.3 Å². The van der Waals surface area contributed by atoms with Gasteiger partial charge in [0.05, 0.1) is 18.7 Å². The number of aromatic hydroxyl groups is 1. The van der Waals surface area contributed by atoms with Crippen LogP contribution in [-0.4, -0.2) is 40.2 Å². The first-order valence-corrected chi connectivity index (χ1v) is 11.6. The Bertz CT molecular complexity index is 1340. The fraction of sp³-hybridized carbons (Fsp3) is 0.192. The highest BCUT2D eigenvalue weighted by Crippen LogP contribution is 2.33. The molecule has 1 aromatic heterocycles. The molecule has 0 atom stereocenters. The minimum absolute atomic E-state index is 0.0163. The Labute approximate surface area is 213 Å². The predicted molar refractivity (Wildman–Crippen MR) is 141 cm³/mol. The lowest BCUT2D eigenvalue weighted by Gasteiger charge is -2.18. The molecule has 1 aliphatic rings. The molecule has 2 heterocycles. The van der Waals surface area contributed by atoms with Gasteiger partial charge in [0.2, 0.25) is 5.91 Å². The number of hydrogen-bond acceptors (Lipinski definition) is 7. The maximum atomic E-state index is 13.4. The average molecular weight is 509 g/mol. The van der Waals surface area contributed by atoms with Gasteiger partial charge >= 0.3 is 0 Å². The van der Waals surface area contributed by atoms with Crippen LogP contribution in [-0.2, 0) is 18.0 Å². The minimum Gasteiger partial charge on any atom is -0.507 e. The number of nitrogens with zero attached hydrogens (tertiary/aromatic N) is 3. The lowest BCUT2D eigenvalue weighted by molar-refractivity contribution is -0.120. The van der Waals surface area contributed by atoms with Crippen molar-refractivity contribution in [3.63, 3.8) is 0 Å². The van der Waals surface area contributed by atoms with E-state index in [2.05, 4.69) is 20.6 Å². The molecule has 1 amide bonds. The third-order valence-corrected chi connectivity index (χ3v) is 5.86. The third-order valence-electron chi connectivity index (χ3n) is 5.63. The number of carbonyl (C=O) groups excluding carboxylic acids is 1. The summed E-state index contributed by atoms with van der Waals surface area (Å²) in [6.45, 7) is 0.145. The number of rotatable bonds is 8. The second kappa shape index (κ2) is 11.1. The Morgan fingerprint density at radius 1 is 1.19 bits per heavy atom. The molecule has 4 rings (SSSR count). The van der Waals surface area contributed by atoms with Crippen molar-refractivity contribution in [1.82, 2.24) is 15.2 Å². The van der Waals surface area contributed by atoms with Gasteiger partial charge in [0.25, 0.3) is 0 Å². The van der Waals surface area contributed by atoms with Gasteiger partial charge in [-0.3, -0.25) is 9.79 Å². The third kappa shape index (κ3) is 6.11. The number of aliphatic imine (C=N–C) groups is 1. The van der Waals surface area contributed by atoms with Gasteiger partial charge in [-0.15, -0.1) is 0 Å². The van der Waals surface area contributed by atoms with Crippen LogP contribution in [0.15, 0.2) is 65.9 Å². The fourth-order valence-electron chi connectivity index (χ4n) is 3.75. The van der Waals surface area contributed by atoms with Gasteiger partial charge in [-0.05, 0) is 42.5 Å². The number of halogens is 2. The number of nitrogens with two attached hydrogens (primary N) is 1. The number of phenolic OH excluding ortho intramolecular Hbond substituents is 1. The molecule has 5 N–H and O–H groups in total. The van der Waals surface area contributed by atoms with Crippen molar-refractivity contribution >= 4 is 40.4 Å². The van der Waals surface area contributed by atoms with Gasteiger partial charge in [-0.1, -0.05) is 17.7 Å². The van der Waals surface area contributed by atoms with Crippen molar-refractivity contribution < 1.29 is 14.3 Å². The molecule has 0 aliphatic carbocycles. The molecule has 0 saturated heterocycles. The summed E-state index contributed by atoms with van der Waals surface area (Å²) in [5.74, 6) is 0.0930. The lowest BCUT2D eigenvalue weighted by Crippen LogP contribution is -2.30. The van der Waals surface area contributed by atoms with Crippen LogP contribution in [0.1, 0.15) is 17.5 Å². The van der Waals surface area contributed by atoms with E-state index in [0.717, 1.165) is 5.71 Å². The monoisotopic (exact) mass is 508 g/mol. The quantitative estimate of drug-likeness (QED) is 0.326. The van der Waals surface area contributed by atoms with Gasteiger partial charge in [-0.2, -0.15) is 0 Å². The van der Waals surface area contributed by atoms with Crippen LogP contribution >= 0.6 is 11.6 Å². The highest BCUT2D eigenvalue weighted by Gasteiger charge is 2.14. The highest BCUT2D eigenvalue weighted by molar-refractivity contribution is 6.30. The zero-order chi connectivity index (χ0) is 25.7. The summed E-state index contributed by atoms with van der Waals surface area (Å²) in [6, 6.07) is 13.3. The van der Waals surface area contributed by atoms with Crippen molar-refractivity contribution in [3.05, 3.63) is 77.1 Å². The number of carbonyl (C=O) groups is 1. The number of nitrogens with one attached hydrogen (secondary N) is 2. The van der Waals surface area contributed by atoms with Gasteiger partial charge in [-0.25, -0.2) is 9.37 Å². The summed E-state index contributed by atoms with van der Waals surface area (Å²) in [5.41, 5.74) is 10.1. The molecule has 186 valence electrons. The summed E-state index contributed by atoms with van der Waals surface area (Å²) in [7, 11) is 1.92. The number of aromatic nitrogens is 1. The second-order valence-corrected chi connectivity index (χ2v) is 8.83. The standard InChI is InChI=1S/C26H26ClFN6O2/c1-34-9-8-30-20(15-34)12-25(36)31-14-16-2-5-23(33-26(16)29)21-11-19(4-7-24(21)35)32-22-6-3-18(27)10-17(22)13-28/h2-11,32,35H,12-15H2,1H3,(H2,29,33)(H,31,36). The number of pyridine rings is 1. The average Bonchev–Trinajstić information content (AvgIpc) is 2.85. The van der Waals surface area contributed by atoms with Crippen molar-refractivity contribution in [3.8, 4) is 17.0 Å². The van der Waals surface area contributed by atoms with Crippen LogP contribution in [0.5, 0.6) is 5.75 Å². The molecule has 36 heavy (non-hydrogen) atoms. The topological polar surface area (TPSA) is 116 Å². The lowest BCUT2D eigenvalue weighted by atomic mass is 10.1. The molecule has 0 unspecified atom stereocenters. The van der Waals surface area contributed by atoms with Crippen LogP contribution < -0.4 is 16.4 Å². The van der Waals surface area contributed by atoms with E-state index >= 15 is 0 Å². The Morgan fingerprint density at radius 3 is 2.78 bits per heavy atom. The summed E-state index contributed by atoms with van der Waals surface area (Å²) >= 11 is 5.96. The van der Waals surface area contributed by atoms with E-state index in [1.807, 2.05) is 18.1 Å². The number of hydrogen-bond donors (Lipinski definition) is 4. The molecular weight excluding hydrogens is 483 g/mol. The Balaban J connectivity index is 1.46. The van der Waals surface area contributed by atoms with E-state index < -0.39 is 6.67 Å². The smallest absolute Gasteiger partial charge is 0.226 e. The molecule has 1 aliphatic heterocycles. The summed E-state index contributed by atoms with van der Waals surface area (Å²) in [5, 5.41) is 16.9. The van der Waals surface area contributed by atoms with Crippen molar-refractivity contribution in [2.24, 2.45) is 4.99 Å². The van der Waals surface area contributed by atoms with E-state index in [1.54, 1.807) is 48.7 Å². The molecule has 0 bridgehead atoms. The predicted octanol–water partition coefficient (Wildman–Crippen LogP) is 4.77. The van der Waals surface area contributed by atoms with Gasteiger partial charge in [0, 0.05) is 64.8 Å². The van der Waals surface area contributed by atoms with Crippen LogP contribution in [0.3, 0.4) is 0 Å². The molecule has 0 radical (unpaired) electrons. The Hall–Kier alpha value is -4.11. The maximum Gasteiger partial charge on any atom is 0.226 e. The Morgan fingerprint density at radius 2 is 2.03 bits per heavy atom. The molecule has 0 saturated carbocycles. The van der Waals surface area contributed by atoms with Crippen LogP contribution in [0.25, 0.3) is 11.3 Å². The number of benzene rings is 2. The summed E-state index contributed by atoms with van der Waals surface area (Å²) in [4.78, 5) is 22.9. The maximum absolute atomic E-state index is 13.4. The molecule has 2 aromatic carbocycles. The van der Waals surface area contributed by atoms with Crippen LogP contribution in [0, 0.1) is 0 Å². The van der Waals surface area contributed by atoms with E-state index in [0.29, 0.717) is 45.3 Å². The number of amides is 1. The van der Waals surface area contributed by atoms with E-state index in [4.69, 9.17) is 17.3 Å². The normalized spacial score (nSPS) is 12.9. The fourth-order valence-corrected chi connectivity index (χ4v) is 3.94.